The number of aryl methyl sites for hydroxylation is 1. The summed E-state index contributed by atoms with van der Waals surface area (Å²) in [4.78, 5) is 24.3. The van der Waals surface area contributed by atoms with E-state index >= 15 is 0 Å². The Kier molecular flexibility index (Phi) is 6.68. The molecule has 0 atom stereocenters. The van der Waals surface area contributed by atoms with Crippen molar-refractivity contribution in [3.63, 3.8) is 0 Å². The summed E-state index contributed by atoms with van der Waals surface area (Å²) in [5, 5.41) is 6.93. The van der Waals surface area contributed by atoms with Gasteiger partial charge in [0.1, 0.15) is 11.4 Å². The molecule has 1 N–H and O–H groups in total. The molecule has 6 nitrogen and oxygen atoms in total. The molecule has 3 aromatic rings. The van der Waals surface area contributed by atoms with Crippen LogP contribution in [-0.2, 0) is 6.54 Å². The maximum atomic E-state index is 12.9. The summed E-state index contributed by atoms with van der Waals surface area (Å²) < 4.78 is 104. The zero-order chi connectivity index (χ0) is 28.9. The minimum Gasteiger partial charge on any atom is -0.343 e. The standard InChI is InChI=1S/C24H24F8N4O2S/c1-15-19(22(37)33-14-24(25,26)27)6-7-21-20(15)13-36(34-21)12-16-8-10-35(11-9-16)23(38)17-2-4-18(5-3-17)39(28,29,30,31)32/h2-7,13,16H,8-12,14H2,1H3,(H,33,37). The molecule has 15 heteroatoms. The first-order valence-electron chi connectivity index (χ1n) is 11.8. The van der Waals surface area contributed by atoms with Crippen LogP contribution < -0.4 is 5.32 Å². The SMILES string of the molecule is Cc1c(C(=O)NCC(F)(F)F)ccc2nn(CC3CCN(C(=O)c4ccc(S(F)(F)(F)(F)F)cc4)CC3)cc12. The lowest BCUT2D eigenvalue weighted by atomic mass is 9.96. The minimum atomic E-state index is -9.82. The Bertz CT molecular complexity index is 1410. The highest BCUT2D eigenvalue weighted by Crippen LogP contribution is 3.02. The summed E-state index contributed by atoms with van der Waals surface area (Å²) in [6.45, 7) is 1.24. The predicted molar refractivity (Wildman–Crippen MR) is 129 cm³/mol. The molecule has 1 saturated heterocycles. The monoisotopic (exact) mass is 584 g/mol. The lowest BCUT2D eigenvalue weighted by Gasteiger charge is -2.40. The van der Waals surface area contributed by atoms with Crippen molar-refractivity contribution in [2.24, 2.45) is 5.92 Å². The van der Waals surface area contributed by atoms with Crippen molar-refractivity contribution in [1.82, 2.24) is 20.0 Å². The molecule has 1 aromatic heterocycles. The third-order valence-corrected chi connectivity index (χ3v) is 7.76. The number of rotatable bonds is 6. The molecule has 0 saturated carbocycles. The van der Waals surface area contributed by atoms with Gasteiger partial charge in [-0.2, -0.15) is 18.3 Å². The van der Waals surface area contributed by atoms with Crippen molar-refractivity contribution in [2.75, 3.05) is 19.6 Å². The summed E-state index contributed by atoms with van der Waals surface area (Å²) in [7, 11) is -9.82. The van der Waals surface area contributed by atoms with E-state index in [1.165, 1.54) is 11.0 Å². The number of amides is 2. The maximum absolute atomic E-state index is 12.9. The van der Waals surface area contributed by atoms with E-state index in [0.29, 0.717) is 48.9 Å². The quantitative estimate of drug-likeness (QED) is 0.323. The van der Waals surface area contributed by atoms with E-state index in [4.69, 9.17) is 0 Å². The van der Waals surface area contributed by atoms with Crippen LogP contribution >= 0.6 is 10.2 Å². The highest BCUT2D eigenvalue weighted by Gasteiger charge is 2.65. The number of carbonyl (C=O) groups is 2. The van der Waals surface area contributed by atoms with Crippen LogP contribution in [0.5, 0.6) is 0 Å². The number of benzene rings is 2. The maximum Gasteiger partial charge on any atom is 0.405 e. The highest BCUT2D eigenvalue weighted by atomic mass is 32.5. The third-order valence-electron chi connectivity index (χ3n) is 6.59. The molecule has 0 bridgehead atoms. The number of aromatic nitrogens is 2. The first kappa shape index (κ1) is 28.6. The summed E-state index contributed by atoms with van der Waals surface area (Å²) in [6.07, 6.45) is -1.73. The Balaban J connectivity index is 1.37. The van der Waals surface area contributed by atoms with Gasteiger partial charge in [-0.1, -0.05) is 19.4 Å². The molecule has 1 aliphatic rings. The summed E-state index contributed by atoms with van der Waals surface area (Å²) >= 11 is 0. The van der Waals surface area contributed by atoms with Gasteiger partial charge in [0.15, 0.2) is 0 Å². The second-order valence-electron chi connectivity index (χ2n) is 9.55. The van der Waals surface area contributed by atoms with E-state index in [1.807, 2.05) is 5.32 Å². The number of alkyl halides is 3. The van der Waals surface area contributed by atoms with Gasteiger partial charge in [-0.25, -0.2) is 0 Å². The van der Waals surface area contributed by atoms with Gasteiger partial charge in [-0.15, -0.1) is 0 Å². The number of nitrogens with one attached hydrogen (secondary N) is 1. The molecule has 0 aliphatic carbocycles. The molecule has 0 radical (unpaired) electrons. The average molecular weight is 585 g/mol. The van der Waals surface area contributed by atoms with E-state index in [-0.39, 0.29) is 29.2 Å². The number of halogens is 8. The zero-order valence-electron chi connectivity index (χ0n) is 20.5. The van der Waals surface area contributed by atoms with Crippen molar-refractivity contribution >= 4 is 32.9 Å². The fourth-order valence-corrected chi connectivity index (χ4v) is 5.17. The lowest BCUT2D eigenvalue weighted by Crippen LogP contribution is -2.39. The molecule has 39 heavy (non-hydrogen) atoms. The number of carbonyl (C=O) groups excluding carboxylic acids is 2. The van der Waals surface area contributed by atoms with E-state index in [9.17, 15) is 42.2 Å². The van der Waals surface area contributed by atoms with Gasteiger partial charge >= 0.3 is 16.4 Å². The fraction of sp³-hybridized carbons (Fsp3) is 0.375. The number of nitrogens with zero attached hydrogens (tertiary/aromatic N) is 3. The van der Waals surface area contributed by atoms with Crippen molar-refractivity contribution in [3.05, 3.63) is 59.3 Å². The van der Waals surface area contributed by atoms with Gasteiger partial charge in [-0.3, -0.25) is 14.3 Å². The number of likely N-dealkylation sites (tertiary alicyclic amines) is 1. The molecule has 214 valence electrons. The van der Waals surface area contributed by atoms with Gasteiger partial charge in [-0.05, 0) is 67.6 Å². The van der Waals surface area contributed by atoms with Crippen molar-refractivity contribution < 1.29 is 42.2 Å². The Hall–Kier alpha value is -3.36. The van der Waals surface area contributed by atoms with Crippen molar-refractivity contribution in [2.45, 2.75) is 37.4 Å². The Morgan fingerprint density at radius 3 is 2.18 bits per heavy atom. The van der Waals surface area contributed by atoms with Crippen LogP contribution in [0, 0.1) is 12.8 Å². The topological polar surface area (TPSA) is 67.2 Å². The van der Waals surface area contributed by atoms with Gasteiger partial charge in [0.25, 0.3) is 11.8 Å². The van der Waals surface area contributed by atoms with Crippen molar-refractivity contribution in [3.8, 4) is 0 Å². The minimum absolute atomic E-state index is 0.0914. The van der Waals surface area contributed by atoms with Gasteiger partial charge in [0.05, 0.1) is 5.52 Å². The van der Waals surface area contributed by atoms with Crippen LogP contribution in [0.2, 0.25) is 0 Å². The van der Waals surface area contributed by atoms with Gasteiger partial charge in [0, 0.05) is 42.3 Å². The number of fused-ring (bicyclic) bond motifs is 1. The molecule has 2 heterocycles. The molecule has 4 rings (SSSR count). The van der Waals surface area contributed by atoms with Crippen LogP contribution in [0.15, 0.2) is 47.5 Å². The molecule has 1 aliphatic heterocycles. The number of piperidine rings is 1. The van der Waals surface area contributed by atoms with Crippen LogP contribution in [0.1, 0.15) is 39.1 Å². The smallest absolute Gasteiger partial charge is 0.343 e. The lowest BCUT2D eigenvalue weighted by molar-refractivity contribution is -0.123. The number of hydrogen-bond acceptors (Lipinski definition) is 3. The summed E-state index contributed by atoms with van der Waals surface area (Å²) in [5.41, 5.74) is 1.02. The molecule has 0 unspecified atom stereocenters. The van der Waals surface area contributed by atoms with Gasteiger partial charge in [0.2, 0.25) is 0 Å². The van der Waals surface area contributed by atoms with Crippen molar-refractivity contribution in [1.29, 1.82) is 0 Å². The summed E-state index contributed by atoms with van der Waals surface area (Å²) in [6, 6.07) is 4.89. The fourth-order valence-electron chi connectivity index (χ4n) is 4.52. The molecular weight excluding hydrogens is 560 g/mol. The first-order chi connectivity index (χ1) is 17.8. The van der Waals surface area contributed by atoms with Gasteiger partial charge < -0.3 is 10.2 Å². The zero-order valence-corrected chi connectivity index (χ0v) is 21.3. The third kappa shape index (κ3) is 6.81. The second-order valence-corrected chi connectivity index (χ2v) is 12.0. The average Bonchev–Trinajstić information content (AvgIpc) is 3.24. The highest BCUT2D eigenvalue weighted by molar-refractivity contribution is 8.45. The molecular formula is C24H24F8N4O2S. The van der Waals surface area contributed by atoms with Crippen LogP contribution in [0.4, 0.5) is 32.6 Å². The first-order valence-corrected chi connectivity index (χ1v) is 13.7. The number of hydrogen-bond donors (Lipinski definition) is 1. The van der Waals surface area contributed by atoms with Crippen LogP contribution in [0.25, 0.3) is 10.9 Å². The van der Waals surface area contributed by atoms with E-state index in [0.717, 1.165) is 12.1 Å². The van der Waals surface area contributed by atoms with E-state index < -0.39 is 39.7 Å². The van der Waals surface area contributed by atoms with Crippen LogP contribution in [0.3, 0.4) is 0 Å². The Morgan fingerprint density at radius 1 is 1.00 bits per heavy atom. The van der Waals surface area contributed by atoms with E-state index in [2.05, 4.69) is 5.10 Å². The van der Waals surface area contributed by atoms with E-state index in [1.54, 1.807) is 23.9 Å². The molecule has 2 amide bonds. The second kappa shape index (κ2) is 9.10. The predicted octanol–water partition coefficient (Wildman–Crippen LogP) is 6.85. The normalized spacial score (nSPS) is 17.1. The van der Waals surface area contributed by atoms with Crippen LogP contribution in [-0.4, -0.2) is 52.3 Å². The Labute approximate surface area is 217 Å². The Morgan fingerprint density at radius 2 is 1.62 bits per heavy atom. The molecule has 0 spiro atoms. The molecule has 2 aromatic carbocycles. The largest absolute Gasteiger partial charge is 0.405 e. The summed E-state index contributed by atoms with van der Waals surface area (Å²) in [5.74, 6) is -1.31. The molecule has 1 fully saturated rings.